The molecule has 102 valence electrons. The highest BCUT2D eigenvalue weighted by molar-refractivity contribution is 6.30. The number of rotatable bonds is 4. The Kier molecular flexibility index (Phi) is 4.07. The van der Waals surface area contributed by atoms with Gasteiger partial charge in [-0.3, -0.25) is 0 Å². The SMILES string of the molecule is CNCc1c(C)nn(C)c1Oc1cccc(Cl)c1F. The number of ether oxygens (including phenoxy) is 1. The maximum atomic E-state index is 13.8. The number of hydrogen-bond donors (Lipinski definition) is 1. The average Bonchev–Trinajstić information content (AvgIpc) is 2.62. The first kappa shape index (κ1) is 13.8. The second-order valence-electron chi connectivity index (χ2n) is 4.18. The van der Waals surface area contributed by atoms with Crippen LogP contribution in [0.5, 0.6) is 11.6 Å². The van der Waals surface area contributed by atoms with Gasteiger partial charge in [0.15, 0.2) is 11.6 Å². The van der Waals surface area contributed by atoms with Crippen LogP contribution in [0.25, 0.3) is 0 Å². The summed E-state index contributed by atoms with van der Waals surface area (Å²) in [6, 6.07) is 4.65. The van der Waals surface area contributed by atoms with E-state index in [1.165, 1.54) is 12.1 Å². The highest BCUT2D eigenvalue weighted by Gasteiger charge is 2.17. The molecule has 0 aliphatic heterocycles. The van der Waals surface area contributed by atoms with Gasteiger partial charge in [-0.05, 0) is 26.1 Å². The van der Waals surface area contributed by atoms with E-state index in [1.54, 1.807) is 17.8 Å². The Balaban J connectivity index is 2.40. The molecule has 0 bridgehead atoms. The highest BCUT2D eigenvalue weighted by atomic mass is 35.5. The van der Waals surface area contributed by atoms with Crippen molar-refractivity contribution < 1.29 is 9.13 Å². The normalized spacial score (nSPS) is 10.8. The van der Waals surface area contributed by atoms with Crippen LogP contribution in [-0.2, 0) is 13.6 Å². The molecule has 0 amide bonds. The second kappa shape index (κ2) is 5.59. The lowest BCUT2D eigenvalue weighted by atomic mass is 10.2. The van der Waals surface area contributed by atoms with Gasteiger partial charge in [0.05, 0.1) is 16.3 Å². The van der Waals surface area contributed by atoms with Crippen molar-refractivity contribution in [2.75, 3.05) is 7.05 Å². The van der Waals surface area contributed by atoms with E-state index >= 15 is 0 Å². The topological polar surface area (TPSA) is 39.1 Å². The van der Waals surface area contributed by atoms with Crippen molar-refractivity contribution in [3.63, 3.8) is 0 Å². The third-order valence-electron chi connectivity index (χ3n) is 2.77. The van der Waals surface area contributed by atoms with Crippen LogP contribution in [0.3, 0.4) is 0 Å². The lowest BCUT2D eigenvalue weighted by molar-refractivity contribution is 0.399. The summed E-state index contributed by atoms with van der Waals surface area (Å²) in [5.74, 6) is 0.0271. The Labute approximate surface area is 116 Å². The maximum absolute atomic E-state index is 13.8. The number of nitrogens with one attached hydrogen (secondary N) is 1. The molecule has 0 saturated heterocycles. The predicted molar refractivity (Wildman–Crippen MR) is 72.2 cm³/mol. The van der Waals surface area contributed by atoms with Gasteiger partial charge in [0.25, 0.3) is 0 Å². The molecule has 4 nitrogen and oxygen atoms in total. The zero-order chi connectivity index (χ0) is 14.0. The van der Waals surface area contributed by atoms with E-state index in [-0.39, 0.29) is 10.8 Å². The van der Waals surface area contributed by atoms with Gasteiger partial charge in [-0.2, -0.15) is 5.10 Å². The van der Waals surface area contributed by atoms with Crippen LogP contribution in [0.1, 0.15) is 11.3 Å². The van der Waals surface area contributed by atoms with Gasteiger partial charge in [0, 0.05) is 13.6 Å². The molecule has 0 spiro atoms. The largest absolute Gasteiger partial charge is 0.436 e. The summed E-state index contributed by atoms with van der Waals surface area (Å²) in [6.07, 6.45) is 0. The molecule has 19 heavy (non-hydrogen) atoms. The maximum Gasteiger partial charge on any atom is 0.222 e. The van der Waals surface area contributed by atoms with Gasteiger partial charge in [-0.1, -0.05) is 17.7 Å². The minimum absolute atomic E-state index is 0.0338. The van der Waals surface area contributed by atoms with Crippen molar-refractivity contribution in [1.82, 2.24) is 15.1 Å². The molecule has 0 fully saturated rings. The summed E-state index contributed by atoms with van der Waals surface area (Å²) in [4.78, 5) is 0. The smallest absolute Gasteiger partial charge is 0.222 e. The fourth-order valence-corrected chi connectivity index (χ4v) is 2.02. The Hall–Kier alpha value is -1.59. The number of aryl methyl sites for hydroxylation is 2. The van der Waals surface area contributed by atoms with Crippen LogP contribution in [0, 0.1) is 12.7 Å². The molecule has 0 atom stereocenters. The van der Waals surface area contributed by atoms with Gasteiger partial charge in [-0.25, -0.2) is 9.07 Å². The molecule has 1 N–H and O–H groups in total. The number of halogens is 2. The molecule has 2 rings (SSSR count). The van der Waals surface area contributed by atoms with Gasteiger partial charge in [0.2, 0.25) is 5.88 Å². The summed E-state index contributed by atoms with van der Waals surface area (Å²) >= 11 is 5.74. The third kappa shape index (κ3) is 2.72. The molecule has 1 heterocycles. The lowest BCUT2D eigenvalue weighted by Gasteiger charge is -2.10. The van der Waals surface area contributed by atoms with Crippen LogP contribution >= 0.6 is 11.6 Å². The Bertz CT molecular complexity index is 598. The first-order valence-corrected chi connectivity index (χ1v) is 6.21. The quantitative estimate of drug-likeness (QED) is 0.937. The zero-order valence-corrected chi connectivity index (χ0v) is 11.8. The molecule has 1 aromatic heterocycles. The van der Waals surface area contributed by atoms with E-state index in [4.69, 9.17) is 16.3 Å². The first-order valence-electron chi connectivity index (χ1n) is 5.83. The number of hydrogen-bond acceptors (Lipinski definition) is 3. The number of benzene rings is 1. The highest BCUT2D eigenvalue weighted by Crippen LogP contribution is 2.31. The Morgan fingerprint density at radius 1 is 1.47 bits per heavy atom. The summed E-state index contributed by atoms with van der Waals surface area (Å²) in [7, 11) is 3.58. The Morgan fingerprint density at radius 2 is 2.21 bits per heavy atom. The van der Waals surface area contributed by atoms with Gasteiger partial charge >= 0.3 is 0 Å². The summed E-state index contributed by atoms with van der Waals surface area (Å²) < 4.78 is 21.1. The van der Waals surface area contributed by atoms with Gasteiger partial charge in [-0.15, -0.1) is 0 Å². The van der Waals surface area contributed by atoms with Crippen LogP contribution in [0.2, 0.25) is 5.02 Å². The number of aromatic nitrogens is 2. The fraction of sp³-hybridized carbons (Fsp3) is 0.308. The lowest BCUT2D eigenvalue weighted by Crippen LogP contribution is -2.07. The van der Waals surface area contributed by atoms with Crippen molar-refractivity contribution in [2.24, 2.45) is 7.05 Å². The monoisotopic (exact) mass is 283 g/mol. The fourth-order valence-electron chi connectivity index (χ4n) is 1.86. The van der Waals surface area contributed by atoms with Gasteiger partial charge < -0.3 is 10.1 Å². The standard InChI is InChI=1S/C13H15ClFN3O/c1-8-9(7-16-2)13(18(3)17-8)19-11-6-4-5-10(14)12(11)15/h4-6,16H,7H2,1-3H3. The molecule has 0 saturated carbocycles. The molecule has 2 aromatic rings. The van der Waals surface area contributed by atoms with Crippen molar-refractivity contribution in [3.8, 4) is 11.6 Å². The van der Waals surface area contributed by atoms with E-state index in [1.807, 2.05) is 14.0 Å². The van der Waals surface area contributed by atoms with Crippen molar-refractivity contribution >= 4 is 11.6 Å². The summed E-state index contributed by atoms with van der Waals surface area (Å²) in [5.41, 5.74) is 1.73. The molecule has 0 radical (unpaired) electrons. The summed E-state index contributed by atoms with van der Waals surface area (Å²) in [6.45, 7) is 2.48. The molecule has 0 aliphatic carbocycles. The van der Waals surface area contributed by atoms with Crippen molar-refractivity contribution in [3.05, 3.63) is 40.3 Å². The van der Waals surface area contributed by atoms with Crippen molar-refractivity contribution in [1.29, 1.82) is 0 Å². The van der Waals surface area contributed by atoms with E-state index < -0.39 is 5.82 Å². The van der Waals surface area contributed by atoms with E-state index in [0.717, 1.165) is 11.3 Å². The van der Waals surface area contributed by atoms with Crippen LogP contribution in [0.15, 0.2) is 18.2 Å². The molecule has 6 heteroatoms. The zero-order valence-electron chi connectivity index (χ0n) is 11.0. The average molecular weight is 284 g/mol. The molecule has 0 aliphatic rings. The molecular weight excluding hydrogens is 269 g/mol. The summed E-state index contributed by atoms with van der Waals surface area (Å²) in [5, 5.41) is 7.35. The molecule has 1 aromatic carbocycles. The minimum Gasteiger partial charge on any atom is -0.436 e. The predicted octanol–water partition coefficient (Wildman–Crippen LogP) is 3.03. The van der Waals surface area contributed by atoms with E-state index in [0.29, 0.717) is 12.4 Å². The van der Waals surface area contributed by atoms with Crippen LogP contribution in [0.4, 0.5) is 4.39 Å². The third-order valence-corrected chi connectivity index (χ3v) is 3.06. The second-order valence-corrected chi connectivity index (χ2v) is 4.58. The number of nitrogens with zero attached hydrogens (tertiary/aromatic N) is 2. The van der Waals surface area contributed by atoms with Crippen LogP contribution < -0.4 is 10.1 Å². The van der Waals surface area contributed by atoms with E-state index in [9.17, 15) is 4.39 Å². The van der Waals surface area contributed by atoms with Crippen LogP contribution in [-0.4, -0.2) is 16.8 Å². The molecule has 0 unspecified atom stereocenters. The minimum atomic E-state index is -0.571. The van der Waals surface area contributed by atoms with Gasteiger partial charge in [0.1, 0.15) is 0 Å². The first-order chi connectivity index (χ1) is 9.04. The van der Waals surface area contributed by atoms with E-state index in [2.05, 4.69) is 10.4 Å². The van der Waals surface area contributed by atoms with Crippen molar-refractivity contribution in [2.45, 2.75) is 13.5 Å². The molecular formula is C13H15ClFN3O. The Morgan fingerprint density at radius 3 is 2.89 bits per heavy atom.